The van der Waals surface area contributed by atoms with Crippen LogP contribution in [0.5, 0.6) is 0 Å². The predicted octanol–water partition coefficient (Wildman–Crippen LogP) is 1.55. The van der Waals surface area contributed by atoms with Gasteiger partial charge in [-0.15, -0.1) is 0 Å². The van der Waals surface area contributed by atoms with Crippen molar-refractivity contribution >= 4 is 16.8 Å². The second-order valence-electron chi connectivity index (χ2n) is 6.21. The fourth-order valence-corrected chi connectivity index (χ4v) is 3.21. The van der Waals surface area contributed by atoms with Crippen LogP contribution in [0.3, 0.4) is 0 Å². The van der Waals surface area contributed by atoms with E-state index in [2.05, 4.69) is 4.98 Å². The quantitative estimate of drug-likeness (QED) is 0.864. The van der Waals surface area contributed by atoms with Crippen molar-refractivity contribution in [3.63, 3.8) is 0 Å². The van der Waals surface area contributed by atoms with E-state index in [1.54, 1.807) is 0 Å². The lowest BCUT2D eigenvalue weighted by Gasteiger charge is -2.16. The Morgan fingerprint density at radius 2 is 2.09 bits per heavy atom. The van der Waals surface area contributed by atoms with Gasteiger partial charge in [0.15, 0.2) is 0 Å². The molecule has 1 aromatic carbocycles. The van der Waals surface area contributed by atoms with Crippen LogP contribution < -0.4 is 5.56 Å². The molecule has 1 saturated heterocycles. The van der Waals surface area contributed by atoms with Gasteiger partial charge >= 0.3 is 0 Å². The molecular formula is C16H16FN3O2. The lowest BCUT2D eigenvalue weighted by atomic mass is 10.1. The molecule has 114 valence electrons. The van der Waals surface area contributed by atoms with Crippen LogP contribution in [-0.4, -0.2) is 32.9 Å². The SMILES string of the molecule is O=C1C[C@@H](Cn2cnc3cc(F)ccc3c2=O)CN1C1CC1. The van der Waals surface area contributed by atoms with Crippen LogP contribution in [0.1, 0.15) is 19.3 Å². The Morgan fingerprint density at radius 1 is 1.27 bits per heavy atom. The van der Waals surface area contributed by atoms with Crippen molar-refractivity contribution in [1.82, 2.24) is 14.5 Å². The van der Waals surface area contributed by atoms with Crippen molar-refractivity contribution in [2.75, 3.05) is 6.54 Å². The molecule has 0 unspecified atom stereocenters. The largest absolute Gasteiger partial charge is 0.339 e. The van der Waals surface area contributed by atoms with E-state index in [1.165, 1.54) is 29.1 Å². The highest BCUT2D eigenvalue weighted by Gasteiger charge is 2.39. The highest BCUT2D eigenvalue weighted by Crippen LogP contribution is 2.32. The second-order valence-corrected chi connectivity index (χ2v) is 6.21. The van der Waals surface area contributed by atoms with Crippen LogP contribution in [0.4, 0.5) is 4.39 Å². The Bertz CT molecular complexity index is 813. The first-order chi connectivity index (χ1) is 10.6. The number of amides is 1. The number of hydrogen-bond donors (Lipinski definition) is 0. The summed E-state index contributed by atoms with van der Waals surface area (Å²) < 4.78 is 14.7. The van der Waals surface area contributed by atoms with Gasteiger partial charge in [-0.1, -0.05) is 0 Å². The van der Waals surface area contributed by atoms with E-state index in [0.29, 0.717) is 29.9 Å². The van der Waals surface area contributed by atoms with E-state index >= 15 is 0 Å². The van der Waals surface area contributed by atoms with Crippen molar-refractivity contribution in [1.29, 1.82) is 0 Å². The standard InChI is InChI=1S/C16H16FN3O2/c17-11-1-4-13-14(6-11)18-9-19(16(13)22)7-10-5-15(21)20(8-10)12-2-3-12/h1,4,6,9-10,12H,2-3,5,7-8H2/t10-/m0/s1. The van der Waals surface area contributed by atoms with Crippen LogP contribution >= 0.6 is 0 Å². The molecule has 2 heterocycles. The molecular weight excluding hydrogens is 285 g/mol. The first-order valence-corrected chi connectivity index (χ1v) is 7.56. The molecule has 6 heteroatoms. The maximum Gasteiger partial charge on any atom is 0.261 e. The molecule has 1 amide bonds. The van der Waals surface area contributed by atoms with Crippen LogP contribution in [0, 0.1) is 11.7 Å². The van der Waals surface area contributed by atoms with Crippen LogP contribution in [-0.2, 0) is 11.3 Å². The zero-order valence-corrected chi connectivity index (χ0v) is 12.0. The van der Waals surface area contributed by atoms with E-state index in [1.807, 2.05) is 4.90 Å². The number of halogens is 1. The summed E-state index contributed by atoms with van der Waals surface area (Å²) in [5.74, 6) is -0.0690. The Balaban J connectivity index is 1.59. The van der Waals surface area contributed by atoms with Gasteiger partial charge < -0.3 is 4.90 Å². The summed E-state index contributed by atoms with van der Waals surface area (Å²) in [7, 11) is 0. The average Bonchev–Trinajstić information content (AvgIpc) is 3.26. The average molecular weight is 301 g/mol. The van der Waals surface area contributed by atoms with Crippen LogP contribution in [0.15, 0.2) is 29.3 Å². The number of fused-ring (bicyclic) bond motifs is 1. The number of likely N-dealkylation sites (tertiary alicyclic amines) is 1. The first-order valence-electron chi connectivity index (χ1n) is 7.56. The number of rotatable bonds is 3. The number of nitrogens with zero attached hydrogens (tertiary/aromatic N) is 3. The normalized spacial score (nSPS) is 21.8. The van der Waals surface area contributed by atoms with Crippen molar-refractivity contribution in [2.24, 2.45) is 5.92 Å². The van der Waals surface area contributed by atoms with Crippen molar-refractivity contribution < 1.29 is 9.18 Å². The molecule has 1 aromatic heterocycles. The molecule has 4 rings (SSSR count). The summed E-state index contributed by atoms with van der Waals surface area (Å²) in [6.07, 6.45) is 4.14. The Morgan fingerprint density at radius 3 is 2.86 bits per heavy atom. The monoisotopic (exact) mass is 301 g/mol. The van der Waals surface area contributed by atoms with Crippen LogP contribution in [0.25, 0.3) is 10.9 Å². The molecule has 1 aliphatic carbocycles. The smallest absolute Gasteiger partial charge is 0.261 e. The van der Waals surface area contributed by atoms with Gasteiger partial charge in [0.2, 0.25) is 5.91 Å². The molecule has 2 fully saturated rings. The summed E-state index contributed by atoms with van der Waals surface area (Å²) in [6.45, 7) is 1.20. The third kappa shape index (κ3) is 2.28. The number of carbonyl (C=O) groups excluding carboxylic acids is 1. The van der Waals surface area contributed by atoms with Gasteiger partial charge in [-0.2, -0.15) is 0 Å². The Hall–Kier alpha value is -2.24. The molecule has 1 atom stereocenters. The lowest BCUT2D eigenvalue weighted by Crippen LogP contribution is -2.29. The van der Waals surface area contributed by atoms with Crippen LogP contribution in [0.2, 0.25) is 0 Å². The van der Waals surface area contributed by atoms with Gasteiger partial charge in [0.05, 0.1) is 17.2 Å². The molecule has 0 spiro atoms. The highest BCUT2D eigenvalue weighted by atomic mass is 19.1. The minimum atomic E-state index is -0.404. The van der Waals surface area contributed by atoms with Gasteiger partial charge in [-0.25, -0.2) is 9.37 Å². The summed E-state index contributed by atoms with van der Waals surface area (Å²) in [4.78, 5) is 30.5. The van der Waals surface area contributed by atoms with Gasteiger partial charge in [-0.05, 0) is 25.0 Å². The predicted molar refractivity (Wildman–Crippen MR) is 78.8 cm³/mol. The van der Waals surface area contributed by atoms with Gasteiger partial charge in [0.1, 0.15) is 5.82 Å². The number of benzene rings is 1. The maximum atomic E-state index is 13.2. The lowest BCUT2D eigenvalue weighted by molar-refractivity contribution is -0.128. The fraction of sp³-hybridized carbons (Fsp3) is 0.438. The first kappa shape index (κ1) is 13.4. The second kappa shape index (κ2) is 4.90. The molecule has 0 radical (unpaired) electrons. The van der Waals surface area contributed by atoms with E-state index in [4.69, 9.17) is 0 Å². The molecule has 0 N–H and O–H groups in total. The van der Waals surface area contributed by atoms with E-state index < -0.39 is 5.82 Å². The Labute approximate surface area is 126 Å². The summed E-state index contributed by atoms with van der Waals surface area (Å²) >= 11 is 0. The minimum Gasteiger partial charge on any atom is -0.339 e. The van der Waals surface area contributed by atoms with Gasteiger partial charge in [-0.3, -0.25) is 14.2 Å². The third-order valence-electron chi connectivity index (χ3n) is 4.47. The maximum absolute atomic E-state index is 13.2. The molecule has 22 heavy (non-hydrogen) atoms. The fourth-order valence-electron chi connectivity index (χ4n) is 3.21. The summed E-state index contributed by atoms with van der Waals surface area (Å²) in [5, 5.41) is 0.410. The number of hydrogen-bond acceptors (Lipinski definition) is 3. The zero-order valence-electron chi connectivity index (χ0n) is 12.0. The van der Waals surface area contributed by atoms with Crippen molar-refractivity contribution in [3.8, 4) is 0 Å². The molecule has 1 aliphatic heterocycles. The third-order valence-corrected chi connectivity index (χ3v) is 4.47. The molecule has 1 saturated carbocycles. The molecule has 5 nitrogen and oxygen atoms in total. The minimum absolute atomic E-state index is 0.144. The van der Waals surface area contributed by atoms with Gasteiger partial charge in [0, 0.05) is 37.5 Å². The number of aromatic nitrogens is 2. The molecule has 2 aliphatic rings. The summed E-state index contributed by atoms with van der Waals surface area (Å²) in [6, 6.07) is 4.41. The highest BCUT2D eigenvalue weighted by molar-refractivity contribution is 5.79. The van der Waals surface area contributed by atoms with E-state index in [0.717, 1.165) is 19.4 Å². The van der Waals surface area contributed by atoms with E-state index in [9.17, 15) is 14.0 Å². The van der Waals surface area contributed by atoms with Crippen molar-refractivity contribution in [2.45, 2.75) is 31.8 Å². The topological polar surface area (TPSA) is 55.2 Å². The van der Waals surface area contributed by atoms with Gasteiger partial charge in [0.25, 0.3) is 5.56 Å². The Kier molecular flexibility index (Phi) is 2.99. The molecule has 0 bridgehead atoms. The van der Waals surface area contributed by atoms with E-state index in [-0.39, 0.29) is 17.4 Å². The van der Waals surface area contributed by atoms with Crippen molar-refractivity contribution in [3.05, 3.63) is 40.7 Å². The summed E-state index contributed by atoms with van der Waals surface area (Å²) in [5.41, 5.74) is 0.186. The zero-order chi connectivity index (χ0) is 15.3. The number of carbonyl (C=O) groups is 1. The molecule has 2 aromatic rings.